The summed E-state index contributed by atoms with van der Waals surface area (Å²) in [5, 5.41) is 0.722. The topological polar surface area (TPSA) is 42.4 Å². The van der Waals surface area contributed by atoms with Crippen LogP contribution in [0.2, 0.25) is 0 Å². The fraction of sp³-hybridized carbons (Fsp3) is 0.500. The number of carbonyl (C=O) groups is 1. The molecule has 0 amide bonds. The zero-order valence-electron chi connectivity index (χ0n) is 16.5. The van der Waals surface area contributed by atoms with Crippen LogP contribution in [0.1, 0.15) is 49.3 Å². The monoisotopic (exact) mass is 382 g/mol. The second-order valence-corrected chi connectivity index (χ2v) is 7.66. The highest BCUT2D eigenvalue weighted by Gasteiger charge is 2.30. The van der Waals surface area contributed by atoms with Gasteiger partial charge in [0, 0.05) is 18.1 Å². The van der Waals surface area contributed by atoms with Crippen molar-refractivity contribution in [1.82, 2.24) is 4.98 Å². The smallest absolute Gasteiger partial charge is 0.405 e. The summed E-state index contributed by atoms with van der Waals surface area (Å²) in [6.45, 7) is 8.61. The summed E-state index contributed by atoms with van der Waals surface area (Å²) in [6, 6.07) is 5.02. The first-order chi connectivity index (χ1) is 12.3. The number of carbonyl (C=O) groups excluding carboxylic acids is 1. The van der Waals surface area contributed by atoms with Crippen LogP contribution in [0.15, 0.2) is 18.2 Å². The van der Waals surface area contributed by atoms with E-state index in [9.17, 15) is 18.0 Å². The number of halogens is 3. The number of aromatic nitrogens is 1. The number of fused-ring (bicyclic) bond motifs is 1. The predicted molar refractivity (Wildman–Crippen MR) is 100 cm³/mol. The van der Waals surface area contributed by atoms with Gasteiger partial charge >= 0.3 is 12.1 Å². The van der Waals surface area contributed by atoms with Crippen LogP contribution in [-0.4, -0.2) is 37.3 Å². The van der Waals surface area contributed by atoms with E-state index in [0.29, 0.717) is 11.2 Å². The third kappa shape index (κ3) is 4.90. The van der Waals surface area contributed by atoms with E-state index in [-0.39, 0.29) is 17.7 Å². The molecule has 0 fully saturated rings. The molecule has 0 aliphatic rings. The number of rotatable bonds is 4. The van der Waals surface area contributed by atoms with E-state index in [1.807, 2.05) is 27.7 Å². The molecule has 0 radical (unpaired) electrons. The standard InChI is InChI=1S/C20H25F3N2O2/c1-7-27-18(26)16-8-12(2)14-9-13(25(6)11-20(21,22)23)10-15(17(14)24-16)19(3,4)5/h8-10H,7,11H2,1-6H3. The number of ether oxygens (including phenoxy) is 1. The van der Waals surface area contributed by atoms with Gasteiger partial charge in [-0.05, 0) is 48.6 Å². The Balaban J connectivity index is 2.71. The van der Waals surface area contributed by atoms with Crippen molar-refractivity contribution in [2.75, 3.05) is 25.1 Å². The van der Waals surface area contributed by atoms with Crippen molar-refractivity contribution < 1.29 is 22.7 Å². The number of anilines is 1. The lowest BCUT2D eigenvalue weighted by atomic mass is 9.84. The third-order valence-corrected chi connectivity index (χ3v) is 4.25. The highest BCUT2D eigenvalue weighted by atomic mass is 19.4. The predicted octanol–water partition coefficient (Wildman–Crippen LogP) is 5.02. The number of esters is 1. The highest BCUT2D eigenvalue weighted by Crippen LogP contribution is 2.35. The van der Waals surface area contributed by atoms with E-state index in [4.69, 9.17) is 4.74 Å². The first-order valence-electron chi connectivity index (χ1n) is 8.74. The number of benzene rings is 1. The SMILES string of the molecule is CCOC(=O)c1cc(C)c2cc(N(C)CC(F)(F)F)cc(C(C)(C)C)c2n1. The van der Waals surface area contributed by atoms with Crippen molar-refractivity contribution in [1.29, 1.82) is 0 Å². The lowest BCUT2D eigenvalue weighted by molar-refractivity contribution is -0.119. The number of hydrogen-bond acceptors (Lipinski definition) is 4. The maximum absolute atomic E-state index is 12.8. The molecule has 0 bridgehead atoms. The molecule has 1 heterocycles. The summed E-state index contributed by atoms with van der Waals surface area (Å²) in [4.78, 5) is 17.8. The summed E-state index contributed by atoms with van der Waals surface area (Å²) in [5.74, 6) is -0.513. The Morgan fingerprint density at radius 2 is 1.81 bits per heavy atom. The van der Waals surface area contributed by atoms with Gasteiger partial charge in [0.25, 0.3) is 0 Å². The van der Waals surface area contributed by atoms with Crippen LogP contribution in [-0.2, 0) is 10.2 Å². The van der Waals surface area contributed by atoms with Crippen LogP contribution >= 0.6 is 0 Å². The molecule has 7 heteroatoms. The quantitative estimate of drug-likeness (QED) is 0.697. The van der Waals surface area contributed by atoms with Crippen molar-refractivity contribution in [2.45, 2.75) is 46.2 Å². The summed E-state index contributed by atoms with van der Waals surface area (Å²) >= 11 is 0. The molecule has 0 saturated heterocycles. The fourth-order valence-electron chi connectivity index (χ4n) is 2.94. The van der Waals surface area contributed by atoms with Crippen LogP contribution in [0.4, 0.5) is 18.9 Å². The molecule has 2 aromatic rings. The van der Waals surface area contributed by atoms with Crippen LogP contribution in [0.25, 0.3) is 10.9 Å². The highest BCUT2D eigenvalue weighted by molar-refractivity contribution is 5.95. The van der Waals surface area contributed by atoms with Gasteiger partial charge in [-0.15, -0.1) is 0 Å². The molecular formula is C20H25F3N2O2. The van der Waals surface area contributed by atoms with Gasteiger partial charge in [-0.2, -0.15) is 13.2 Å². The molecule has 0 spiro atoms. The molecule has 4 nitrogen and oxygen atoms in total. The van der Waals surface area contributed by atoms with E-state index in [2.05, 4.69) is 4.98 Å². The van der Waals surface area contributed by atoms with Gasteiger partial charge in [0.15, 0.2) is 0 Å². The van der Waals surface area contributed by atoms with Gasteiger partial charge in [-0.3, -0.25) is 0 Å². The molecule has 27 heavy (non-hydrogen) atoms. The van der Waals surface area contributed by atoms with Crippen molar-refractivity contribution >= 4 is 22.6 Å². The maximum Gasteiger partial charge on any atom is 0.405 e. The normalized spacial score (nSPS) is 12.3. The van der Waals surface area contributed by atoms with E-state index in [1.54, 1.807) is 25.1 Å². The van der Waals surface area contributed by atoms with Gasteiger partial charge in [0.1, 0.15) is 12.2 Å². The van der Waals surface area contributed by atoms with Gasteiger partial charge in [0.2, 0.25) is 0 Å². The zero-order chi connectivity index (χ0) is 20.6. The first kappa shape index (κ1) is 21.0. The van der Waals surface area contributed by atoms with Crippen molar-refractivity contribution in [2.24, 2.45) is 0 Å². The minimum absolute atomic E-state index is 0.198. The van der Waals surface area contributed by atoms with E-state index >= 15 is 0 Å². The number of nitrogens with zero attached hydrogens (tertiary/aromatic N) is 2. The third-order valence-electron chi connectivity index (χ3n) is 4.25. The summed E-state index contributed by atoms with van der Waals surface area (Å²) in [5.41, 5.74) is 2.42. The lowest BCUT2D eigenvalue weighted by Crippen LogP contribution is -2.31. The van der Waals surface area contributed by atoms with E-state index in [1.165, 1.54) is 11.9 Å². The fourth-order valence-corrected chi connectivity index (χ4v) is 2.94. The second kappa shape index (κ2) is 7.37. The average Bonchev–Trinajstić information content (AvgIpc) is 2.51. The maximum atomic E-state index is 12.8. The van der Waals surface area contributed by atoms with Crippen LogP contribution in [0, 0.1) is 6.92 Å². The molecule has 0 atom stereocenters. The molecule has 0 N–H and O–H groups in total. The lowest BCUT2D eigenvalue weighted by Gasteiger charge is -2.27. The van der Waals surface area contributed by atoms with Gasteiger partial charge < -0.3 is 9.64 Å². The molecule has 0 aliphatic heterocycles. The Kier molecular flexibility index (Phi) is 5.73. The Hall–Kier alpha value is -2.31. The molecule has 1 aromatic heterocycles. The average molecular weight is 382 g/mol. The van der Waals surface area contributed by atoms with Gasteiger partial charge in [0.05, 0.1) is 12.1 Å². The number of aryl methyl sites for hydroxylation is 1. The number of hydrogen-bond donors (Lipinski definition) is 0. The largest absolute Gasteiger partial charge is 0.461 e. The molecule has 1 aromatic carbocycles. The summed E-state index contributed by atoms with van der Waals surface area (Å²) < 4.78 is 43.5. The molecule has 148 valence electrons. The zero-order valence-corrected chi connectivity index (χ0v) is 16.5. The minimum Gasteiger partial charge on any atom is -0.461 e. The van der Waals surface area contributed by atoms with Gasteiger partial charge in [-0.1, -0.05) is 20.8 Å². The van der Waals surface area contributed by atoms with Crippen LogP contribution in [0.3, 0.4) is 0 Å². The Morgan fingerprint density at radius 1 is 1.19 bits per heavy atom. The number of alkyl halides is 3. The van der Waals surface area contributed by atoms with Crippen LogP contribution < -0.4 is 4.90 Å². The van der Waals surface area contributed by atoms with E-state index < -0.39 is 18.7 Å². The Labute approximate surface area is 157 Å². The Morgan fingerprint density at radius 3 is 2.33 bits per heavy atom. The number of pyridine rings is 1. The summed E-state index contributed by atoms with van der Waals surface area (Å²) in [6.07, 6.45) is -4.30. The van der Waals surface area contributed by atoms with Crippen LogP contribution in [0.5, 0.6) is 0 Å². The minimum atomic E-state index is -4.30. The van der Waals surface area contributed by atoms with Crippen molar-refractivity contribution in [3.05, 3.63) is 35.0 Å². The molecule has 2 rings (SSSR count). The second-order valence-electron chi connectivity index (χ2n) is 7.66. The van der Waals surface area contributed by atoms with Crippen molar-refractivity contribution in [3.8, 4) is 0 Å². The van der Waals surface area contributed by atoms with E-state index in [0.717, 1.165) is 16.5 Å². The molecule has 0 unspecified atom stereocenters. The van der Waals surface area contributed by atoms with Crippen molar-refractivity contribution in [3.63, 3.8) is 0 Å². The molecule has 0 aliphatic carbocycles. The first-order valence-corrected chi connectivity index (χ1v) is 8.74. The summed E-state index contributed by atoms with van der Waals surface area (Å²) in [7, 11) is 1.41. The molecule has 0 saturated carbocycles. The molecular weight excluding hydrogens is 357 g/mol. The van der Waals surface area contributed by atoms with Gasteiger partial charge in [-0.25, -0.2) is 9.78 Å². The Bertz CT molecular complexity index is 855.